The Kier molecular flexibility index (Phi) is 6.14. The van der Waals surface area contributed by atoms with E-state index < -0.39 is 0 Å². The van der Waals surface area contributed by atoms with E-state index in [9.17, 15) is 4.79 Å². The molecule has 0 fully saturated rings. The van der Waals surface area contributed by atoms with Gasteiger partial charge in [0.1, 0.15) is 0 Å². The average molecular weight is 272 g/mol. The minimum absolute atomic E-state index is 0.0200. The normalized spacial score (nSPS) is 14.2. The van der Waals surface area contributed by atoms with Gasteiger partial charge in [-0.05, 0) is 20.3 Å². The fourth-order valence-electron chi connectivity index (χ4n) is 1.44. The van der Waals surface area contributed by atoms with E-state index in [1.54, 1.807) is 0 Å². The lowest BCUT2D eigenvalue weighted by molar-refractivity contribution is -0.120. The smallest absolute Gasteiger partial charge is 0.277 e. The van der Waals surface area contributed by atoms with Crippen LogP contribution in [0, 0.1) is 0 Å². The first kappa shape index (κ1) is 15.0. The van der Waals surface area contributed by atoms with Crippen LogP contribution < -0.4 is 11.1 Å². The van der Waals surface area contributed by atoms with Crippen molar-refractivity contribution in [3.63, 3.8) is 0 Å². The Balaban J connectivity index is 2.44. The second kappa shape index (κ2) is 7.38. The van der Waals surface area contributed by atoms with Crippen LogP contribution in [0.15, 0.2) is 9.64 Å². The van der Waals surface area contributed by atoms with Gasteiger partial charge in [-0.1, -0.05) is 25.1 Å². The van der Waals surface area contributed by atoms with Crippen molar-refractivity contribution in [3.8, 4) is 0 Å². The maximum Gasteiger partial charge on any atom is 0.277 e. The summed E-state index contributed by atoms with van der Waals surface area (Å²) in [5.41, 5.74) is 5.37. The standard InChI is InChI=1S/C11H20N4O2S/c1-4-5-7(2)13-10(16)8(3)18-11-15-14-9(6-12)17-11/h7-8H,4-6,12H2,1-3H3,(H,13,16). The monoisotopic (exact) mass is 272 g/mol. The molecule has 1 amide bonds. The summed E-state index contributed by atoms with van der Waals surface area (Å²) >= 11 is 1.24. The summed E-state index contributed by atoms with van der Waals surface area (Å²) in [4.78, 5) is 11.9. The maximum absolute atomic E-state index is 11.9. The molecule has 102 valence electrons. The summed E-state index contributed by atoms with van der Waals surface area (Å²) in [5.74, 6) is 0.359. The van der Waals surface area contributed by atoms with E-state index in [1.165, 1.54) is 11.8 Å². The number of aromatic nitrogens is 2. The molecule has 2 unspecified atom stereocenters. The van der Waals surface area contributed by atoms with Gasteiger partial charge in [0.25, 0.3) is 5.22 Å². The number of carbonyl (C=O) groups excluding carboxylic acids is 1. The largest absolute Gasteiger partial charge is 0.415 e. The molecule has 1 aromatic rings. The number of nitrogens with two attached hydrogens (primary N) is 1. The fourth-order valence-corrected chi connectivity index (χ4v) is 2.15. The molecule has 0 aliphatic carbocycles. The third-order valence-corrected chi connectivity index (χ3v) is 3.31. The molecule has 2 atom stereocenters. The highest BCUT2D eigenvalue weighted by atomic mass is 32.2. The van der Waals surface area contributed by atoms with Crippen molar-refractivity contribution >= 4 is 17.7 Å². The second-order valence-corrected chi connectivity index (χ2v) is 5.42. The third-order valence-electron chi connectivity index (χ3n) is 2.38. The predicted molar refractivity (Wildman–Crippen MR) is 70.0 cm³/mol. The minimum Gasteiger partial charge on any atom is -0.415 e. The van der Waals surface area contributed by atoms with Gasteiger partial charge >= 0.3 is 0 Å². The maximum atomic E-state index is 11.9. The van der Waals surface area contributed by atoms with Crippen molar-refractivity contribution < 1.29 is 9.21 Å². The van der Waals surface area contributed by atoms with Crippen LogP contribution in [0.1, 0.15) is 39.5 Å². The first-order valence-corrected chi connectivity index (χ1v) is 6.94. The van der Waals surface area contributed by atoms with Crippen molar-refractivity contribution in [2.45, 2.75) is 56.7 Å². The first-order chi connectivity index (χ1) is 8.56. The van der Waals surface area contributed by atoms with Gasteiger partial charge in [-0.2, -0.15) is 0 Å². The quantitative estimate of drug-likeness (QED) is 0.727. The molecule has 0 spiro atoms. The number of hydrogen-bond donors (Lipinski definition) is 2. The molecule has 0 bridgehead atoms. The molecule has 0 aliphatic heterocycles. The zero-order valence-electron chi connectivity index (χ0n) is 11.0. The van der Waals surface area contributed by atoms with Crippen LogP contribution in [-0.4, -0.2) is 27.4 Å². The van der Waals surface area contributed by atoms with Gasteiger partial charge in [0.05, 0.1) is 11.8 Å². The lowest BCUT2D eigenvalue weighted by atomic mass is 10.2. The molecular weight excluding hydrogens is 252 g/mol. The highest BCUT2D eigenvalue weighted by molar-refractivity contribution is 8.00. The summed E-state index contributed by atoms with van der Waals surface area (Å²) in [6, 6.07) is 0.188. The Morgan fingerprint density at radius 2 is 2.22 bits per heavy atom. The van der Waals surface area contributed by atoms with Crippen molar-refractivity contribution in [2.24, 2.45) is 5.73 Å². The Bertz CT molecular complexity index is 383. The van der Waals surface area contributed by atoms with Gasteiger partial charge in [0.15, 0.2) is 0 Å². The summed E-state index contributed by atoms with van der Waals surface area (Å²) in [6.45, 7) is 6.11. The van der Waals surface area contributed by atoms with E-state index in [4.69, 9.17) is 10.2 Å². The SMILES string of the molecule is CCCC(C)NC(=O)C(C)Sc1nnc(CN)o1. The molecule has 18 heavy (non-hydrogen) atoms. The second-order valence-electron chi connectivity index (χ2n) is 4.12. The lowest BCUT2D eigenvalue weighted by Gasteiger charge is -2.15. The van der Waals surface area contributed by atoms with Gasteiger partial charge in [-0.3, -0.25) is 4.79 Å². The van der Waals surface area contributed by atoms with Gasteiger partial charge in [0, 0.05) is 6.04 Å². The zero-order valence-corrected chi connectivity index (χ0v) is 11.8. The number of rotatable bonds is 7. The van der Waals surface area contributed by atoms with E-state index >= 15 is 0 Å². The van der Waals surface area contributed by atoms with Crippen LogP contribution in [0.5, 0.6) is 0 Å². The summed E-state index contributed by atoms with van der Waals surface area (Å²) in [7, 11) is 0. The number of carbonyl (C=O) groups is 1. The van der Waals surface area contributed by atoms with Crippen molar-refractivity contribution in [1.82, 2.24) is 15.5 Å². The Morgan fingerprint density at radius 1 is 1.50 bits per heavy atom. The fraction of sp³-hybridized carbons (Fsp3) is 0.727. The van der Waals surface area contributed by atoms with Crippen LogP contribution in [0.3, 0.4) is 0 Å². The van der Waals surface area contributed by atoms with Crippen LogP contribution in [0.25, 0.3) is 0 Å². The van der Waals surface area contributed by atoms with E-state index in [1.807, 2.05) is 13.8 Å². The highest BCUT2D eigenvalue weighted by Gasteiger charge is 2.19. The van der Waals surface area contributed by atoms with Crippen LogP contribution in [-0.2, 0) is 11.3 Å². The number of hydrogen-bond acceptors (Lipinski definition) is 6. The van der Waals surface area contributed by atoms with E-state index in [0.717, 1.165) is 12.8 Å². The molecule has 0 aromatic carbocycles. The molecule has 0 aliphatic rings. The topological polar surface area (TPSA) is 94.0 Å². The number of amides is 1. The van der Waals surface area contributed by atoms with E-state index in [0.29, 0.717) is 11.1 Å². The van der Waals surface area contributed by atoms with Crippen molar-refractivity contribution in [1.29, 1.82) is 0 Å². The lowest BCUT2D eigenvalue weighted by Crippen LogP contribution is -2.37. The Labute approximate surface area is 111 Å². The zero-order chi connectivity index (χ0) is 13.5. The number of nitrogens with one attached hydrogen (secondary N) is 1. The highest BCUT2D eigenvalue weighted by Crippen LogP contribution is 2.21. The van der Waals surface area contributed by atoms with Gasteiger partial charge in [0.2, 0.25) is 11.8 Å². The average Bonchev–Trinajstić information content (AvgIpc) is 2.76. The van der Waals surface area contributed by atoms with Gasteiger partial charge < -0.3 is 15.5 Å². The molecule has 6 nitrogen and oxygen atoms in total. The molecule has 3 N–H and O–H groups in total. The van der Waals surface area contributed by atoms with Gasteiger partial charge in [-0.15, -0.1) is 10.2 Å². The Morgan fingerprint density at radius 3 is 2.78 bits per heavy atom. The molecule has 1 rings (SSSR count). The molecule has 7 heteroatoms. The third kappa shape index (κ3) is 4.66. The summed E-state index contributed by atoms with van der Waals surface area (Å²) < 4.78 is 5.24. The predicted octanol–water partition coefficient (Wildman–Crippen LogP) is 1.31. The van der Waals surface area contributed by atoms with Crippen molar-refractivity contribution in [3.05, 3.63) is 5.89 Å². The van der Waals surface area contributed by atoms with E-state index in [-0.39, 0.29) is 23.7 Å². The molecule has 0 saturated carbocycles. The van der Waals surface area contributed by atoms with Crippen LogP contribution in [0.2, 0.25) is 0 Å². The summed E-state index contributed by atoms with van der Waals surface area (Å²) in [5, 5.41) is 10.6. The molecule has 0 radical (unpaired) electrons. The van der Waals surface area contributed by atoms with Crippen LogP contribution >= 0.6 is 11.8 Å². The molecule has 1 heterocycles. The minimum atomic E-state index is -0.268. The van der Waals surface area contributed by atoms with Gasteiger partial charge in [-0.25, -0.2) is 0 Å². The molecule has 1 aromatic heterocycles. The molecular formula is C11H20N4O2S. The number of thioether (sulfide) groups is 1. The number of nitrogens with zero attached hydrogens (tertiary/aromatic N) is 2. The molecule has 0 saturated heterocycles. The van der Waals surface area contributed by atoms with Crippen molar-refractivity contribution in [2.75, 3.05) is 0 Å². The van der Waals surface area contributed by atoms with E-state index in [2.05, 4.69) is 22.4 Å². The Hall–Kier alpha value is -1.08. The first-order valence-electron chi connectivity index (χ1n) is 6.06. The summed E-state index contributed by atoms with van der Waals surface area (Å²) in [6.07, 6.45) is 2.02. The van der Waals surface area contributed by atoms with Crippen LogP contribution in [0.4, 0.5) is 0 Å².